The first-order valence-electron chi connectivity index (χ1n) is 11.7. The maximum absolute atomic E-state index is 13.7. The summed E-state index contributed by atoms with van der Waals surface area (Å²) in [6.07, 6.45) is 0. The summed E-state index contributed by atoms with van der Waals surface area (Å²) in [5.74, 6) is 0.0679. The fourth-order valence-electron chi connectivity index (χ4n) is 4.82. The largest absolute Gasteiger partial charge is 0.457 e. The Bertz CT molecular complexity index is 1600. The first kappa shape index (κ1) is 21.7. The second-order valence-corrected chi connectivity index (χ2v) is 8.68. The van der Waals surface area contributed by atoms with E-state index in [-0.39, 0.29) is 6.61 Å². The van der Waals surface area contributed by atoms with Crippen molar-refractivity contribution >= 4 is 22.7 Å². The van der Waals surface area contributed by atoms with E-state index in [1.54, 1.807) is 4.68 Å². The Kier molecular flexibility index (Phi) is 5.50. The van der Waals surface area contributed by atoms with Crippen molar-refractivity contribution in [1.82, 2.24) is 20.2 Å². The number of fused-ring (bicyclic) bond motifs is 2. The number of nitrogens with zero attached hydrogens (tertiary/aromatic N) is 4. The molecule has 0 saturated heterocycles. The molecule has 176 valence electrons. The minimum absolute atomic E-state index is 0.144. The number of tetrazole rings is 1. The number of esters is 1. The van der Waals surface area contributed by atoms with Crippen molar-refractivity contribution in [2.24, 2.45) is 0 Å². The van der Waals surface area contributed by atoms with Crippen molar-refractivity contribution in [2.45, 2.75) is 19.6 Å². The minimum atomic E-state index is -0.529. The zero-order valence-corrected chi connectivity index (χ0v) is 19.6. The zero-order chi connectivity index (χ0) is 24.5. The number of carbonyl (C=O) groups is 1. The van der Waals surface area contributed by atoms with Crippen molar-refractivity contribution < 1.29 is 9.53 Å². The highest BCUT2D eigenvalue weighted by Gasteiger charge is 2.35. The number of anilines is 1. The average molecular weight is 474 g/mol. The predicted octanol–water partition coefficient (Wildman–Crippen LogP) is 5.53. The zero-order valence-electron chi connectivity index (χ0n) is 19.6. The van der Waals surface area contributed by atoms with E-state index >= 15 is 0 Å². The molecule has 0 radical (unpaired) electrons. The molecular weight excluding hydrogens is 450 g/mol. The molecule has 0 saturated carbocycles. The molecule has 0 fully saturated rings. The minimum Gasteiger partial charge on any atom is -0.457 e. The number of allylic oxidation sites excluding steroid dienone is 1. The summed E-state index contributed by atoms with van der Waals surface area (Å²) in [4.78, 5) is 13.7. The van der Waals surface area contributed by atoms with Crippen LogP contribution in [0.1, 0.15) is 24.1 Å². The standard InChI is InChI=1S/C29H23N5O2/c1-19-26(28(35)36-18-22-13-6-7-15-23(22)20-10-3-2-4-11-20)27(34-29(30-19)31-32-33-34)25-17-9-14-21-12-5-8-16-24(21)25/h2-17,27H,18H2,1H3,(H,30,31,33). The fraction of sp³-hybridized carbons (Fsp3) is 0.103. The topological polar surface area (TPSA) is 81.9 Å². The SMILES string of the molecule is CC1=C(C(=O)OCc2ccccc2-c2ccccc2)C(c2cccc3ccccc23)n2nnnc2N1. The third-order valence-electron chi connectivity index (χ3n) is 6.51. The molecule has 5 aromatic rings. The third-order valence-corrected chi connectivity index (χ3v) is 6.51. The molecule has 1 aliphatic rings. The molecular formula is C29H23N5O2. The van der Waals surface area contributed by atoms with Crippen LogP contribution in [0.25, 0.3) is 21.9 Å². The molecule has 0 aliphatic carbocycles. The molecule has 1 unspecified atom stereocenters. The molecule has 36 heavy (non-hydrogen) atoms. The van der Waals surface area contributed by atoms with Gasteiger partial charge < -0.3 is 10.1 Å². The average Bonchev–Trinajstić information content (AvgIpc) is 3.39. The Morgan fingerprint density at radius 1 is 0.917 bits per heavy atom. The van der Waals surface area contributed by atoms with E-state index in [2.05, 4.69) is 33.0 Å². The lowest BCUT2D eigenvalue weighted by Crippen LogP contribution is -2.29. The molecule has 1 N–H and O–H groups in total. The van der Waals surface area contributed by atoms with Crippen molar-refractivity contribution in [3.8, 4) is 11.1 Å². The van der Waals surface area contributed by atoms with E-state index in [9.17, 15) is 4.79 Å². The number of carbonyl (C=O) groups excluding carboxylic acids is 1. The molecule has 6 rings (SSSR count). The highest BCUT2D eigenvalue weighted by atomic mass is 16.5. The predicted molar refractivity (Wildman–Crippen MR) is 138 cm³/mol. The van der Waals surface area contributed by atoms with Crippen LogP contribution in [0, 0.1) is 0 Å². The van der Waals surface area contributed by atoms with Gasteiger partial charge in [0.15, 0.2) is 0 Å². The van der Waals surface area contributed by atoms with Crippen LogP contribution in [-0.2, 0) is 16.1 Å². The van der Waals surface area contributed by atoms with Gasteiger partial charge in [-0.2, -0.15) is 4.68 Å². The van der Waals surface area contributed by atoms with E-state index in [0.29, 0.717) is 17.2 Å². The maximum Gasteiger partial charge on any atom is 0.338 e. The smallest absolute Gasteiger partial charge is 0.338 e. The van der Waals surface area contributed by atoms with Gasteiger partial charge in [0.1, 0.15) is 12.6 Å². The molecule has 2 heterocycles. The van der Waals surface area contributed by atoms with Crippen molar-refractivity contribution in [1.29, 1.82) is 0 Å². The molecule has 1 aromatic heterocycles. The van der Waals surface area contributed by atoms with Crippen LogP contribution >= 0.6 is 0 Å². The van der Waals surface area contributed by atoms with Crippen LogP contribution in [0.15, 0.2) is 108 Å². The first-order valence-corrected chi connectivity index (χ1v) is 11.7. The van der Waals surface area contributed by atoms with Gasteiger partial charge in [-0.15, -0.1) is 0 Å². The number of nitrogens with one attached hydrogen (secondary N) is 1. The van der Waals surface area contributed by atoms with Gasteiger partial charge in [0.25, 0.3) is 0 Å². The van der Waals surface area contributed by atoms with Gasteiger partial charge in [-0.25, -0.2) is 4.79 Å². The summed E-state index contributed by atoms with van der Waals surface area (Å²) in [7, 11) is 0. The summed E-state index contributed by atoms with van der Waals surface area (Å²) in [6, 6.07) is 31.6. The van der Waals surface area contributed by atoms with Crippen LogP contribution in [0.5, 0.6) is 0 Å². The molecule has 7 nitrogen and oxygen atoms in total. The van der Waals surface area contributed by atoms with Gasteiger partial charge in [-0.3, -0.25) is 0 Å². The number of rotatable bonds is 5. The molecule has 0 amide bonds. The summed E-state index contributed by atoms with van der Waals surface area (Å²) < 4.78 is 7.58. The van der Waals surface area contributed by atoms with Gasteiger partial charge in [0.2, 0.25) is 5.95 Å². The highest BCUT2D eigenvalue weighted by molar-refractivity contribution is 5.95. The van der Waals surface area contributed by atoms with Crippen LogP contribution in [-0.4, -0.2) is 26.2 Å². The molecule has 1 atom stereocenters. The molecule has 0 spiro atoms. The lowest BCUT2D eigenvalue weighted by atomic mass is 9.91. The van der Waals surface area contributed by atoms with Crippen molar-refractivity contribution in [3.63, 3.8) is 0 Å². The van der Waals surface area contributed by atoms with Gasteiger partial charge in [-0.05, 0) is 50.4 Å². The number of aromatic nitrogens is 4. The Labute approximate surface area is 208 Å². The Balaban J connectivity index is 1.37. The Morgan fingerprint density at radius 2 is 1.67 bits per heavy atom. The number of hydrogen-bond donors (Lipinski definition) is 1. The lowest BCUT2D eigenvalue weighted by Gasteiger charge is -2.28. The summed E-state index contributed by atoms with van der Waals surface area (Å²) >= 11 is 0. The van der Waals surface area contributed by atoms with E-state index in [0.717, 1.165) is 33.0 Å². The van der Waals surface area contributed by atoms with Gasteiger partial charge >= 0.3 is 5.97 Å². The number of hydrogen-bond acceptors (Lipinski definition) is 6. The molecule has 1 aliphatic heterocycles. The van der Waals surface area contributed by atoms with Gasteiger partial charge in [-0.1, -0.05) is 102 Å². The molecule has 4 aromatic carbocycles. The quantitative estimate of drug-likeness (QED) is 0.338. The number of benzene rings is 4. The molecule has 0 bridgehead atoms. The number of ether oxygens (including phenoxy) is 1. The first-order chi connectivity index (χ1) is 17.7. The van der Waals surface area contributed by atoms with E-state index < -0.39 is 12.0 Å². The second-order valence-electron chi connectivity index (χ2n) is 8.68. The Morgan fingerprint density at radius 3 is 2.56 bits per heavy atom. The third kappa shape index (κ3) is 3.80. The van der Waals surface area contributed by atoms with Crippen molar-refractivity contribution in [2.75, 3.05) is 5.32 Å². The summed E-state index contributed by atoms with van der Waals surface area (Å²) in [5, 5.41) is 17.4. The van der Waals surface area contributed by atoms with Crippen LogP contribution < -0.4 is 5.32 Å². The summed E-state index contributed by atoms with van der Waals surface area (Å²) in [5.41, 5.74) is 5.11. The molecule has 7 heteroatoms. The Hall–Kier alpha value is -4.78. The van der Waals surface area contributed by atoms with E-state index in [1.807, 2.05) is 91.9 Å². The monoisotopic (exact) mass is 473 g/mol. The van der Waals surface area contributed by atoms with Crippen LogP contribution in [0.4, 0.5) is 5.95 Å². The van der Waals surface area contributed by atoms with Gasteiger partial charge in [0.05, 0.1) is 5.57 Å². The summed E-state index contributed by atoms with van der Waals surface area (Å²) in [6.45, 7) is 2.00. The normalized spacial score (nSPS) is 14.9. The second kappa shape index (κ2) is 9.11. The fourth-order valence-corrected chi connectivity index (χ4v) is 4.82. The van der Waals surface area contributed by atoms with E-state index in [1.165, 1.54) is 0 Å². The van der Waals surface area contributed by atoms with Crippen molar-refractivity contribution in [3.05, 3.63) is 119 Å². The highest BCUT2D eigenvalue weighted by Crippen LogP contribution is 2.38. The lowest BCUT2D eigenvalue weighted by molar-refractivity contribution is -0.140. The maximum atomic E-state index is 13.7. The van der Waals surface area contributed by atoms with E-state index in [4.69, 9.17) is 4.74 Å². The van der Waals surface area contributed by atoms with Gasteiger partial charge in [0, 0.05) is 5.70 Å². The van der Waals surface area contributed by atoms with Crippen LogP contribution in [0.3, 0.4) is 0 Å². The van der Waals surface area contributed by atoms with Crippen LogP contribution in [0.2, 0.25) is 0 Å².